The molecule has 0 saturated carbocycles. The number of carbonyl (C=O) groups is 1. The second-order valence-electron chi connectivity index (χ2n) is 9.16. The standard InChI is InChI=1S/C31H26BrClN2O5S/c1-4-39-30(37)26-18(2)34-31-35(27(26)21-10-12-22(33)13-11-21)29(36)25(41-31)16-20-14-23(32)28(24(15-20)38-3)40-17-19-8-6-5-7-9-19/h5-16,27H,4,17H2,1-3H3/b25-16+/t27-/m0/s1. The van der Waals surface area contributed by atoms with Crippen LogP contribution in [0.15, 0.2) is 92.3 Å². The molecule has 1 atom stereocenters. The predicted molar refractivity (Wildman–Crippen MR) is 163 cm³/mol. The molecule has 2 heterocycles. The predicted octanol–water partition coefficient (Wildman–Crippen LogP) is 5.80. The number of benzene rings is 3. The van der Waals surface area contributed by atoms with Gasteiger partial charge >= 0.3 is 5.97 Å². The van der Waals surface area contributed by atoms with E-state index >= 15 is 0 Å². The lowest BCUT2D eigenvalue weighted by atomic mass is 9.96. The van der Waals surface area contributed by atoms with E-state index in [-0.39, 0.29) is 12.2 Å². The maximum atomic E-state index is 13.9. The molecule has 1 aliphatic rings. The first-order chi connectivity index (χ1) is 19.8. The maximum absolute atomic E-state index is 13.9. The monoisotopic (exact) mass is 652 g/mol. The van der Waals surface area contributed by atoms with Gasteiger partial charge < -0.3 is 14.2 Å². The SMILES string of the molecule is CCOC(=O)C1=C(C)N=c2s/c(=C/c3cc(Br)c(OCc4ccccc4)c(OC)c3)c(=O)n2[C@H]1c1ccc(Cl)cc1. The van der Waals surface area contributed by atoms with Gasteiger partial charge in [0.05, 0.1) is 40.0 Å². The van der Waals surface area contributed by atoms with Gasteiger partial charge in [-0.1, -0.05) is 65.4 Å². The molecule has 5 rings (SSSR count). The Morgan fingerprint density at radius 2 is 1.88 bits per heavy atom. The number of nitrogens with zero attached hydrogens (tertiary/aromatic N) is 2. The topological polar surface area (TPSA) is 79.1 Å². The van der Waals surface area contributed by atoms with Gasteiger partial charge in [0, 0.05) is 5.02 Å². The minimum absolute atomic E-state index is 0.204. The molecule has 210 valence electrons. The van der Waals surface area contributed by atoms with Crippen LogP contribution in [0.1, 0.15) is 36.6 Å². The number of rotatable bonds is 8. The summed E-state index contributed by atoms with van der Waals surface area (Å²) >= 11 is 11.0. The zero-order valence-electron chi connectivity index (χ0n) is 22.5. The largest absolute Gasteiger partial charge is 0.493 e. The smallest absolute Gasteiger partial charge is 0.338 e. The van der Waals surface area contributed by atoms with Crippen LogP contribution in [0.5, 0.6) is 11.5 Å². The Morgan fingerprint density at radius 1 is 1.15 bits per heavy atom. The summed E-state index contributed by atoms with van der Waals surface area (Å²) in [6.45, 7) is 4.07. The molecule has 7 nitrogen and oxygen atoms in total. The molecule has 0 saturated heterocycles. The molecular weight excluding hydrogens is 628 g/mol. The van der Waals surface area contributed by atoms with Crippen LogP contribution in [0.2, 0.25) is 5.02 Å². The van der Waals surface area contributed by atoms with Crippen LogP contribution >= 0.6 is 38.9 Å². The van der Waals surface area contributed by atoms with Crippen molar-refractivity contribution >= 4 is 50.9 Å². The number of ether oxygens (including phenoxy) is 3. The zero-order chi connectivity index (χ0) is 29.1. The van der Waals surface area contributed by atoms with Crippen molar-refractivity contribution in [2.75, 3.05) is 13.7 Å². The second kappa shape index (κ2) is 12.5. The summed E-state index contributed by atoms with van der Waals surface area (Å²) in [6, 6.07) is 19.9. The van der Waals surface area contributed by atoms with E-state index in [1.165, 1.54) is 11.3 Å². The van der Waals surface area contributed by atoms with Crippen LogP contribution in [-0.2, 0) is 16.1 Å². The molecule has 41 heavy (non-hydrogen) atoms. The van der Waals surface area contributed by atoms with Crippen molar-refractivity contribution in [1.82, 2.24) is 4.57 Å². The van der Waals surface area contributed by atoms with E-state index in [0.29, 0.717) is 48.2 Å². The number of thiazole rings is 1. The number of hydrogen-bond donors (Lipinski definition) is 0. The average Bonchev–Trinajstić information content (AvgIpc) is 3.26. The lowest BCUT2D eigenvalue weighted by Crippen LogP contribution is -2.39. The van der Waals surface area contributed by atoms with Crippen molar-refractivity contribution in [3.05, 3.63) is 124 Å². The van der Waals surface area contributed by atoms with Gasteiger partial charge in [-0.2, -0.15) is 0 Å². The van der Waals surface area contributed by atoms with Gasteiger partial charge in [0.15, 0.2) is 16.3 Å². The number of allylic oxidation sites excluding steroid dienone is 1. The number of halogens is 2. The Morgan fingerprint density at radius 3 is 2.56 bits per heavy atom. The third-order valence-corrected chi connectivity index (χ3v) is 8.30. The molecule has 0 bridgehead atoms. The number of methoxy groups -OCH3 is 1. The zero-order valence-corrected chi connectivity index (χ0v) is 25.7. The minimum Gasteiger partial charge on any atom is -0.493 e. The average molecular weight is 654 g/mol. The first-order valence-electron chi connectivity index (χ1n) is 12.8. The molecule has 0 unspecified atom stereocenters. The van der Waals surface area contributed by atoms with Gasteiger partial charge in [-0.25, -0.2) is 9.79 Å². The normalized spacial score (nSPS) is 14.9. The molecule has 4 aromatic rings. The van der Waals surface area contributed by atoms with E-state index in [0.717, 1.165) is 16.7 Å². The van der Waals surface area contributed by atoms with E-state index < -0.39 is 12.0 Å². The summed E-state index contributed by atoms with van der Waals surface area (Å²) in [5, 5.41) is 0.551. The fourth-order valence-electron chi connectivity index (χ4n) is 4.60. The molecule has 1 aromatic heterocycles. The van der Waals surface area contributed by atoms with Crippen molar-refractivity contribution in [3.63, 3.8) is 0 Å². The summed E-state index contributed by atoms with van der Waals surface area (Å²) < 4.78 is 19.7. The van der Waals surface area contributed by atoms with E-state index in [2.05, 4.69) is 20.9 Å². The second-order valence-corrected chi connectivity index (χ2v) is 11.5. The Hall–Kier alpha value is -3.66. The van der Waals surface area contributed by atoms with Crippen LogP contribution in [0.4, 0.5) is 0 Å². The van der Waals surface area contributed by atoms with Crippen LogP contribution < -0.4 is 24.4 Å². The highest BCUT2D eigenvalue weighted by atomic mass is 79.9. The molecule has 1 aliphatic heterocycles. The summed E-state index contributed by atoms with van der Waals surface area (Å²) in [5.41, 5.74) is 3.03. The van der Waals surface area contributed by atoms with E-state index in [4.69, 9.17) is 25.8 Å². The summed E-state index contributed by atoms with van der Waals surface area (Å²) in [6.07, 6.45) is 1.78. The summed E-state index contributed by atoms with van der Waals surface area (Å²) in [5.74, 6) is 0.573. The van der Waals surface area contributed by atoms with Gasteiger partial charge in [0.2, 0.25) is 0 Å². The number of fused-ring (bicyclic) bond motifs is 1. The lowest BCUT2D eigenvalue weighted by molar-refractivity contribution is -0.139. The van der Waals surface area contributed by atoms with Gasteiger partial charge in [0.1, 0.15) is 6.61 Å². The third kappa shape index (κ3) is 6.02. The third-order valence-electron chi connectivity index (χ3n) is 6.48. The first kappa shape index (κ1) is 28.9. The Labute approximate surface area is 254 Å². The molecule has 0 N–H and O–H groups in total. The van der Waals surface area contributed by atoms with E-state index in [1.807, 2.05) is 42.5 Å². The van der Waals surface area contributed by atoms with Crippen LogP contribution in [0.25, 0.3) is 6.08 Å². The van der Waals surface area contributed by atoms with Crippen LogP contribution in [-0.4, -0.2) is 24.3 Å². The number of aromatic nitrogens is 1. The highest BCUT2D eigenvalue weighted by Gasteiger charge is 2.33. The highest BCUT2D eigenvalue weighted by molar-refractivity contribution is 9.10. The van der Waals surface area contributed by atoms with Gasteiger partial charge in [-0.15, -0.1) is 0 Å². The maximum Gasteiger partial charge on any atom is 0.338 e. The Bertz CT molecular complexity index is 1810. The summed E-state index contributed by atoms with van der Waals surface area (Å²) in [4.78, 5) is 32.0. The molecule has 3 aromatic carbocycles. The first-order valence-corrected chi connectivity index (χ1v) is 14.8. The molecule has 0 spiro atoms. The quantitative estimate of drug-likeness (QED) is 0.225. The fraction of sp³-hybridized carbons (Fsp3) is 0.194. The number of hydrogen-bond acceptors (Lipinski definition) is 7. The molecule has 0 radical (unpaired) electrons. The molecular formula is C31H26BrClN2O5S. The Balaban J connectivity index is 1.58. The van der Waals surface area contributed by atoms with Crippen LogP contribution in [0.3, 0.4) is 0 Å². The Kier molecular flexibility index (Phi) is 8.77. The van der Waals surface area contributed by atoms with Crippen molar-refractivity contribution < 1.29 is 19.0 Å². The number of carbonyl (C=O) groups excluding carboxylic acids is 1. The minimum atomic E-state index is -0.709. The van der Waals surface area contributed by atoms with Crippen molar-refractivity contribution in [3.8, 4) is 11.5 Å². The lowest BCUT2D eigenvalue weighted by Gasteiger charge is -2.24. The molecule has 0 aliphatic carbocycles. The van der Waals surface area contributed by atoms with E-state index in [1.54, 1.807) is 55.9 Å². The number of esters is 1. The van der Waals surface area contributed by atoms with Crippen molar-refractivity contribution in [2.24, 2.45) is 4.99 Å². The molecule has 0 amide bonds. The fourth-order valence-corrected chi connectivity index (χ4v) is 6.34. The van der Waals surface area contributed by atoms with Crippen LogP contribution in [0, 0.1) is 0 Å². The van der Waals surface area contributed by atoms with E-state index in [9.17, 15) is 9.59 Å². The van der Waals surface area contributed by atoms with Crippen molar-refractivity contribution in [2.45, 2.75) is 26.5 Å². The highest BCUT2D eigenvalue weighted by Crippen LogP contribution is 2.37. The van der Waals surface area contributed by atoms with Gasteiger partial charge in [0.25, 0.3) is 5.56 Å². The molecule has 10 heteroatoms. The summed E-state index contributed by atoms with van der Waals surface area (Å²) in [7, 11) is 1.57. The van der Waals surface area contributed by atoms with Crippen molar-refractivity contribution in [1.29, 1.82) is 0 Å². The molecule has 0 fully saturated rings. The van der Waals surface area contributed by atoms with Gasteiger partial charge in [-0.3, -0.25) is 9.36 Å². The van der Waals surface area contributed by atoms with Gasteiger partial charge in [-0.05, 0) is 76.8 Å².